The van der Waals surface area contributed by atoms with Crippen LogP contribution in [-0.2, 0) is 38.1 Å². The van der Waals surface area contributed by atoms with Gasteiger partial charge in [-0.15, -0.1) is 11.8 Å². The highest BCUT2D eigenvalue weighted by Gasteiger charge is 2.45. The zero-order valence-electron chi connectivity index (χ0n) is 38.2. The van der Waals surface area contributed by atoms with E-state index in [1.54, 1.807) is 37.4 Å². The molecule has 0 aliphatic carbocycles. The first kappa shape index (κ1) is 51.3. The molecule has 2 saturated heterocycles. The summed E-state index contributed by atoms with van der Waals surface area (Å²) in [5.41, 5.74) is 1.74. The van der Waals surface area contributed by atoms with Gasteiger partial charge >= 0.3 is 0 Å². The lowest BCUT2D eigenvalue weighted by molar-refractivity contribution is -0.138. The number of aromatic nitrogens is 2. The predicted octanol–water partition coefficient (Wildman–Crippen LogP) is 4.36. The molecular formula is C47H55ClFN7O12S. The number of rotatable bonds is 27. The largest absolute Gasteiger partial charge is 0.493 e. The number of ether oxygens (including phenoxy) is 7. The van der Waals surface area contributed by atoms with Gasteiger partial charge in [0.2, 0.25) is 17.7 Å². The molecule has 3 aliphatic heterocycles. The predicted molar refractivity (Wildman–Crippen MR) is 252 cm³/mol. The van der Waals surface area contributed by atoms with E-state index in [4.69, 9.17) is 44.8 Å². The lowest BCUT2D eigenvalue weighted by Crippen LogP contribution is -2.54. The fourth-order valence-electron chi connectivity index (χ4n) is 7.78. The summed E-state index contributed by atoms with van der Waals surface area (Å²) in [5, 5.41) is 6.08. The molecule has 19 nitrogen and oxygen atoms in total. The molecule has 3 aliphatic rings. The fourth-order valence-corrected chi connectivity index (χ4v) is 8.90. The molecule has 4 heterocycles. The number of nitrogens with one attached hydrogen (secondary N) is 2. The third-order valence-electron chi connectivity index (χ3n) is 11.3. The van der Waals surface area contributed by atoms with Crippen LogP contribution < -0.4 is 20.1 Å². The van der Waals surface area contributed by atoms with Gasteiger partial charge in [-0.3, -0.25) is 39.1 Å². The van der Waals surface area contributed by atoms with Gasteiger partial charge in [0.15, 0.2) is 11.5 Å². The molecule has 1 aromatic heterocycles. The maximum absolute atomic E-state index is 13.7. The summed E-state index contributed by atoms with van der Waals surface area (Å²) in [7, 11) is 1.57. The first-order chi connectivity index (χ1) is 33.6. The van der Waals surface area contributed by atoms with Crippen molar-refractivity contribution in [2.24, 2.45) is 0 Å². The number of piperazine rings is 1. The third-order valence-corrected chi connectivity index (χ3v) is 12.6. The van der Waals surface area contributed by atoms with Gasteiger partial charge in [-0.2, -0.15) is 0 Å². The standard InChI is InChI=1S/C47H55ClFN7O12S/c1-62-38-28-36-33(44(51-30-50-36)52-31-6-7-35(49)34(48)26-31)27-39(38)68-15-3-10-54-11-13-55(14-12-54)42(58)29-67-23-22-65-19-18-63-16-17-64-20-21-66-24-25-69-40-5-2-4-32-43(40)47(61)56(46(32)60)37-8-9-41(57)53-45(37)59/h2,4-7,26-28,30,37H,3,8-25,29H2,1H3,(H,50,51,52)(H,53,57,59). The van der Waals surface area contributed by atoms with Gasteiger partial charge < -0.3 is 43.4 Å². The summed E-state index contributed by atoms with van der Waals surface area (Å²) in [6.45, 7) is 7.26. The van der Waals surface area contributed by atoms with Gasteiger partial charge in [0.05, 0.1) is 94.8 Å². The minimum absolute atomic E-state index is 0.00159. The average Bonchev–Trinajstić information content (AvgIpc) is 3.60. The molecule has 0 spiro atoms. The molecule has 0 saturated carbocycles. The van der Waals surface area contributed by atoms with Crippen molar-refractivity contribution in [3.63, 3.8) is 0 Å². The molecule has 2 fully saturated rings. The molecule has 3 aromatic carbocycles. The van der Waals surface area contributed by atoms with E-state index in [0.29, 0.717) is 117 Å². The number of piperidine rings is 1. The minimum atomic E-state index is -1.01. The molecule has 1 unspecified atom stereocenters. The van der Waals surface area contributed by atoms with E-state index in [9.17, 15) is 28.4 Å². The SMILES string of the molecule is COc1cc2ncnc(Nc3ccc(F)c(Cl)c3)c2cc1OCCCN1CCN(C(=O)COCCOCCOCCOCCOCCSc2cccc3c2C(=O)N(C2CCC(=O)NC2=O)C3=O)CC1. The molecular weight excluding hydrogens is 941 g/mol. The highest BCUT2D eigenvalue weighted by molar-refractivity contribution is 7.99. The van der Waals surface area contributed by atoms with Crippen molar-refractivity contribution >= 4 is 75.3 Å². The highest BCUT2D eigenvalue weighted by Crippen LogP contribution is 2.36. The summed E-state index contributed by atoms with van der Waals surface area (Å²) in [6.07, 6.45) is 2.36. The number of thioether (sulfide) groups is 1. The molecule has 69 heavy (non-hydrogen) atoms. The molecule has 0 radical (unpaired) electrons. The Bertz CT molecular complexity index is 2450. The smallest absolute Gasteiger partial charge is 0.263 e. The monoisotopic (exact) mass is 995 g/mol. The van der Waals surface area contributed by atoms with E-state index in [0.717, 1.165) is 31.0 Å². The third kappa shape index (κ3) is 14.1. The van der Waals surface area contributed by atoms with Crippen LogP contribution in [0.1, 0.15) is 40.0 Å². The Hall–Kier alpha value is -5.52. The van der Waals surface area contributed by atoms with E-state index in [-0.39, 0.29) is 48.1 Å². The number of fused-ring (bicyclic) bond motifs is 2. The van der Waals surface area contributed by atoms with Crippen LogP contribution in [0.4, 0.5) is 15.9 Å². The number of halogens is 2. The highest BCUT2D eigenvalue weighted by atomic mass is 35.5. The molecule has 1 atom stereocenters. The van der Waals surface area contributed by atoms with Crippen molar-refractivity contribution in [3.05, 3.63) is 76.8 Å². The number of hydrogen-bond acceptors (Lipinski definition) is 17. The quantitative estimate of drug-likeness (QED) is 0.0483. The van der Waals surface area contributed by atoms with Gasteiger partial charge in [0.1, 0.15) is 30.6 Å². The maximum Gasteiger partial charge on any atom is 0.263 e. The van der Waals surface area contributed by atoms with Gasteiger partial charge in [-0.05, 0) is 49.2 Å². The van der Waals surface area contributed by atoms with Crippen molar-refractivity contribution in [2.75, 3.05) is 124 Å². The van der Waals surface area contributed by atoms with Crippen LogP contribution >= 0.6 is 23.4 Å². The zero-order chi connectivity index (χ0) is 48.5. The number of benzene rings is 3. The number of carbonyl (C=O) groups excluding carboxylic acids is 5. The summed E-state index contributed by atoms with van der Waals surface area (Å²) in [5.74, 6) is -0.566. The molecule has 7 rings (SSSR count). The molecule has 0 bridgehead atoms. The van der Waals surface area contributed by atoms with Crippen molar-refractivity contribution in [2.45, 2.75) is 30.2 Å². The topological polar surface area (TPSA) is 210 Å². The van der Waals surface area contributed by atoms with Crippen LogP contribution in [0.5, 0.6) is 11.5 Å². The van der Waals surface area contributed by atoms with E-state index in [1.807, 2.05) is 11.0 Å². The van der Waals surface area contributed by atoms with E-state index < -0.39 is 35.5 Å². The van der Waals surface area contributed by atoms with E-state index >= 15 is 0 Å². The van der Waals surface area contributed by atoms with Crippen LogP contribution in [-0.4, -0.2) is 179 Å². The summed E-state index contributed by atoms with van der Waals surface area (Å²) >= 11 is 7.35. The summed E-state index contributed by atoms with van der Waals surface area (Å²) < 4.78 is 53.3. The molecule has 22 heteroatoms. The second-order valence-electron chi connectivity index (χ2n) is 15.9. The van der Waals surface area contributed by atoms with Gasteiger partial charge in [-0.25, -0.2) is 14.4 Å². The van der Waals surface area contributed by atoms with Crippen LogP contribution in [0.2, 0.25) is 5.02 Å². The van der Waals surface area contributed by atoms with Crippen LogP contribution in [0.25, 0.3) is 10.9 Å². The Morgan fingerprint density at radius 3 is 2.25 bits per heavy atom. The molecule has 2 N–H and O–H groups in total. The first-order valence-corrected chi connectivity index (χ1v) is 24.0. The number of carbonyl (C=O) groups is 5. The molecule has 5 amide bonds. The van der Waals surface area contributed by atoms with Gasteiger partial charge in [-0.1, -0.05) is 17.7 Å². The Kier molecular flexibility index (Phi) is 19.3. The van der Waals surface area contributed by atoms with E-state index in [2.05, 4.69) is 25.5 Å². The second-order valence-corrected chi connectivity index (χ2v) is 17.4. The molecule has 370 valence electrons. The average molecular weight is 997 g/mol. The van der Waals surface area contributed by atoms with Crippen molar-refractivity contribution < 1.29 is 61.5 Å². The number of anilines is 2. The number of nitrogens with zero attached hydrogens (tertiary/aromatic N) is 5. The van der Waals surface area contributed by atoms with Gasteiger partial charge in [0.25, 0.3) is 11.8 Å². The minimum Gasteiger partial charge on any atom is -0.493 e. The lowest BCUT2D eigenvalue weighted by atomic mass is 10.0. The fraction of sp³-hybridized carbons (Fsp3) is 0.468. The summed E-state index contributed by atoms with van der Waals surface area (Å²) in [4.78, 5) is 77.4. The number of hydrogen-bond donors (Lipinski definition) is 2. The van der Waals surface area contributed by atoms with E-state index in [1.165, 1.54) is 30.2 Å². The number of methoxy groups -OCH3 is 1. The number of imide groups is 2. The second kappa shape index (κ2) is 25.9. The van der Waals surface area contributed by atoms with Crippen molar-refractivity contribution in [1.29, 1.82) is 0 Å². The Morgan fingerprint density at radius 1 is 0.841 bits per heavy atom. The van der Waals surface area contributed by atoms with Crippen LogP contribution in [0.15, 0.2) is 59.8 Å². The van der Waals surface area contributed by atoms with Gasteiger partial charge in [0, 0.05) is 66.9 Å². The Balaban J connectivity index is 0.663. The Labute approximate surface area is 407 Å². The summed E-state index contributed by atoms with van der Waals surface area (Å²) in [6, 6.07) is 12.0. The first-order valence-electron chi connectivity index (χ1n) is 22.6. The zero-order valence-corrected chi connectivity index (χ0v) is 39.8. The van der Waals surface area contributed by atoms with Crippen LogP contribution in [0.3, 0.4) is 0 Å². The molecule has 4 aromatic rings. The van der Waals surface area contributed by atoms with Crippen LogP contribution in [0, 0.1) is 5.82 Å². The maximum atomic E-state index is 13.7. The normalized spacial score (nSPS) is 16.3. The van der Waals surface area contributed by atoms with Crippen molar-refractivity contribution in [1.82, 2.24) is 30.0 Å². The lowest BCUT2D eigenvalue weighted by Gasteiger charge is -2.34. The number of amides is 5. The van der Waals surface area contributed by atoms with Crippen molar-refractivity contribution in [3.8, 4) is 11.5 Å². The Morgan fingerprint density at radius 2 is 1.55 bits per heavy atom.